The molecule has 1 aliphatic heterocycles. The summed E-state index contributed by atoms with van der Waals surface area (Å²) >= 11 is 0. The molecular formula is C11H20N2O6. The van der Waals surface area contributed by atoms with Gasteiger partial charge in [0.05, 0.1) is 6.54 Å². The highest BCUT2D eigenvalue weighted by atomic mass is 16.6. The summed E-state index contributed by atoms with van der Waals surface area (Å²) in [6, 6.07) is -1.40. The van der Waals surface area contributed by atoms with E-state index in [0.29, 0.717) is 0 Å². The summed E-state index contributed by atoms with van der Waals surface area (Å²) in [5, 5.41) is 8.90. The average Bonchev–Trinajstić information content (AvgIpc) is 2.43. The van der Waals surface area contributed by atoms with E-state index >= 15 is 0 Å². The van der Waals surface area contributed by atoms with Crippen LogP contribution < -0.4 is 0 Å². The highest BCUT2D eigenvalue weighted by Crippen LogP contribution is 2.15. The monoisotopic (exact) mass is 276 g/mol. The maximum atomic E-state index is 11.7. The van der Waals surface area contributed by atoms with Crippen molar-refractivity contribution in [3.05, 3.63) is 0 Å². The number of hydrogen-bond acceptors (Lipinski definition) is 4. The molecule has 19 heavy (non-hydrogen) atoms. The van der Waals surface area contributed by atoms with Gasteiger partial charge in [0.1, 0.15) is 18.2 Å². The number of rotatable bonds is 3. The average molecular weight is 276 g/mol. The Morgan fingerprint density at radius 2 is 1.95 bits per heavy atom. The summed E-state index contributed by atoms with van der Waals surface area (Å²) in [5.41, 5.74) is -0.627. The molecule has 0 spiro atoms. The normalized spacial score (nSPS) is 19.2. The lowest BCUT2D eigenvalue weighted by molar-refractivity contribution is -0.155. The molecule has 0 saturated carbocycles. The zero-order valence-corrected chi connectivity index (χ0v) is 11.5. The fourth-order valence-corrected chi connectivity index (χ4v) is 1.67. The molecule has 8 heteroatoms. The van der Waals surface area contributed by atoms with Crippen molar-refractivity contribution in [1.82, 2.24) is 9.80 Å². The van der Waals surface area contributed by atoms with Gasteiger partial charge in [-0.1, -0.05) is 0 Å². The summed E-state index contributed by atoms with van der Waals surface area (Å²) in [6.45, 7) is 4.93. The first-order valence-electron chi connectivity index (χ1n) is 5.58. The predicted molar refractivity (Wildman–Crippen MR) is 65.6 cm³/mol. The zero-order valence-electron chi connectivity index (χ0n) is 11.5. The van der Waals surface area contributed by atoms with Crippen LogP contribution in [0.4, 0.5) is 4.79 Å². The molecule has 3 N–H and O–H groups in total. The molecule has 1 aliphatic rings. The van der Waals surface area contributed by atoms with Gasteiger partial charge >= 0.3 is 18.0 Å². The highest BCUT2D eigenvalue weighted by Gasteiger charge is 2.40. The first-order chi connectivity index (χ1) is 8.11. The molecule has 0 aliphatic carbocycles. The molecule has 0 aromatic rings. The van der Waals surface area contributed by atoms with Gasteiger partial charge in [-0.15, -0.1) is 0 Å². The highest BCUT2D eigenvalue weighted by molar-refractivity contribution is 5.88. The van der Waals surface area contributed by atoms with Crippen molar-refractivity contribution in [2.24, 2.45) is 0 Å². The third-order valence-corrected chi connectivity index (χ3v) is 2.46. The number of hydrogen-bond donors (Lipinski definition) is 1. The molecule has 1 heterocycles. The summed E-state index contributed by atoms with van der Waals surface area (Å²) in [5.74, 6) is -1.63. The molecule has 1 atom stereocenters. The molecule has 2 amide bonds. The number of urea groups is 1. The van der Waals surface area contributed by atoms with E-state index in [0.717, 1.165) is 4.90 Å². The van der Waals surface area contributed by atoms with Crippen LogP contribution in [0.1, 0.15) is 20.8 Å². The Hall–Kier alpha value is -1.83. The van der Waals surface area contributed by atoms with Crippen LogP contribution in [0.15, 0.2) is 0 Å². The summed E-state index contributed by atoms with van der Waals surface area (Å²) in [7, 11) is 1.40. The van der Waals surface area contributed by atoms with Gasteiger partial charge in [0.2, 0.25) is 0 Å². The van der Waals surface area contributed by atoms with Gasteiger partial charge < -0.3 is 25.1 Å². The van der Waals surface area contributed by atoms with Gasteiger partial charge in [-0.2, -0.15) is 0 Å². The maximum absolute atomic E-state index is 11.7. The Bertz CT molecular complexity index is 376. The molecular weight excluding hydrogens is 256 g/mol. The number of carboxylic acid groups (broad SMARTS) is 1. The lowest BCUT2D eigenvalue weighted by atomic mass is 10.2. The lowest BCUT2D eigenvalue weighted by Crippen LogP contribution is -2.37. The Labute approximate surface area is 111 Å². The van der Waals surface area contributed by atoms with E-state index in [-0.39, 0.29) is 18.6 Å². The van der Waals surface area contributed by atoms with Gasteiger partial charge in [0.25, 0.3) is 0 Å². The number of amides is 2. The second-order valence-electron chi connectivity index (χ2n) is 5.21. The van der Waals surface area contributed by atoms with Crippen LogP contribution in [0.25, 0.3) is 0 Å². The fourth-order valence-electron chi connectivity index (χ4n) is 1.67. The van der Waals surface area contributed by atoms with Crippen molar-refractivity contribution in [3.63, 3.8) is 0 Å². The van der Waals surface area contributed by atoms with Crippen LogP contribution in [0.2, 0.25) is 0 Å². The largest absolute Gasteiger partial charge is 0.480 e. The molecule has 0 unspecified atom stereocenters. The van der Waals surface area contributed by atoms with Crippen molar-refractivity contribution >= 4 is 18.0 Å². The number of ether oxygens (including phenoxy) is 1. The summed E-state index contributed by atoms with van der Waals surface area (Å²) in [6.07, 6.45) is 0. The molecule has 0 aromatic heterocycles. The van der Waals surface area contributed by atoms with E-state index in [1.807, 2.05) is 0 Å². The number of aliphatic carboxylic acids is 1. The quantitative estimate of drug-likeness (QED) is 0.685. The second-order valence-corrected chi connectivity index (χ2v) is 5.21. The SMILES string of the molecule is CN1C(=O)N(CC(=O)OC(C)(C)C)C[C@@H]1C(=O)O.O. The molecule has 1 fully saturated rings. The van der Waals surface area contributed by atoms with Gasteiger partial charge in [-0.25, -0.2) is 9.59 Å². The van der Waals surface area contributed by atoms with Crippen LogP contribution in [0.5, 0.6) is 0 Å². The zero-order chi connectivity index (χ0) is 14.1. The van der Waals surface area contributed by atoms with Gasteiger partial charge in [0.15, 0.2) is 0 Å². The number of carboxylic acids is 1. The molecule has 110 valence electrons. The van der Waals surface area contributed by atoms with E-state index in [1.54, 1.807) is 20.8 Å². The smallest absolute Gasteiger partial charge is 0.328 e. The minimum Gasteiger partial charge on any atom is -0.480 e. The van der Waals surface area contributed by atoms with Crippen molar-refractivity contribution in [2.75, 3.05) is 20.1 Å². The minimum atomic E-state index is -1.09. The molecule has 0 bridgehead atoms. The van der Waals surface area contributed by atoms with E-state index < -0.39 is 29.6 Å². The van der Waals surface area contributed by atoms with Crippen LogP contribution in [0, 0.1) is 0 Å². The predicted octanol–water partition coefficient (Wildman–Crippen LogP) is -0.676. The van der Waals surface area contributed by atoms with E-state index in [4.69, 9.17) is 9.84 Å². The Morgan fingerprint density at radius 3 is 2.32 bits per heavy atom. The van der Waals surface area contributed by atoms with E-state index in [1.165, 1.54) is 11.9 Å². The number of nitrogens with zero attached hydrogens (tertiary/aromatic N) is 2. The van der Waals surface area contributed by atoms with Crippen LogP contribution in [-0.4, -0.2) is 70.1 Å². The molecule has 1 rings (SSSR count). The third-order valence-electron chi connectivity index (χ3n) is 2.46. The first kappa shape index (κ1) is 17.2. The minimum absolute atomic E-state index is 0. The fraction of sp³-hybridized carbons (Fsp3) is 0.727. The van der Waals surface area contributed by atoms with Crippen LogP contribution in [-0.2, 0) is 14.3 Å². The van der Waals surface area contributed by atoms with Gasteiger partial charge in [0, 0.05) is 7.05 Å². The maximum Gasteiger partial charge on any atom is 0.328 e. The molecule has 0 aromatic carbocycles. The van der Waals surface area contributed by atoms with E-state index in [9.17, 15) is 14.4 Å². The topological polar surface area (TPSA) is 119 Å². The van der Waals surface area contributed by atoms with Crippen molar-refractivity contribution in [3.8, 4) is 0 Å². The van der Waals surface area contributed by atoms with Gasteiger partial charge in [-0.05, 0) is 20.8 Å². The number of esters is 1. The lowest BCUT2D eigenvalue weighted by Gasteiger charge is -2.22. The van der Waals surface area contributed by atoms with Crippen LogP contribution >= 0.6 is 0 Å². The Balaban J connectivity index is 0.00000324. The van der Waals surface area contributed by atoms with E-state index in [2.05, 4.69) is 0 Å². The second kappa shape index (κ2) is 5.87. The van der Waals surface area contributed by atoms with Gasteiger partial charge in [-0.3, -0.25) is 4.79 Å². The van der Waals surface area contributed by atoms with Crippen molar-refractivity contribution in [2.45, 2.75) is 32.4 Å². The van der Waals surface area contributed by atoms with Crippen molar-refractivity contribution in [1.29, 1.82) is 0 Å². The molecule has 1 saturated heterocycles. The Morgan fingerprint density at radius 1 is 1.42 bits per heavy atom. The number of carbonyl (C=O) groups excluding carboxylic acids is 2. The Kier molecular flexibility index (Phi) is 5.31. The number of likely N-dealkylation sites (N-methyl/N-ethyl adjacent to an activating group) is 1. The first-order valence-corrected chi connectivity index (χ1v) is 5.58. The summed E-state index contributed by atoms with van der Waals surface area (Å²) in [4.78, 5) is 36.4. The molecule has 0 radical (unpaired) electrons. The van der Waals surface area contributed by atoms with Crippen LogP contribution in [0.3, 0.4) is 0 Å². The van der Waals surface area contributed by atoms with Crippen molar-refractivity contribution < 1.29 is 29.7 Å². The number of carbonyl (C=O) groups is 3. The standard InChI is InChI=1S/C11H18N2O5.H2O/c1-11(2,3)18-8(14)6-13-5-7(9(15)16)12(4)10(13)17;/h7H,5-6H2,1-4H3,(H,15,16);1H2/t7-;/m1./s1. The summed E-state index contributed by atoms with van der Waals surface area (Å²) < 4.78 is 5.08. The molecule has 8 nitrogen and oxygen atoms in total. The third kappa shape index (κ3) is 4.40.